The van der Waals surface area contributed by atoms with E-state index in [-0.39, 0.29) is 17.3 Å². The first-order valence-electron chi connectivity index (χ1n) is 7.65. The highest BCUT2D eigenvalue weighted by atomic mass is 19.1. The number of nitrogens with two attached hydrogens (primary N) is 1. The number of hydrogen-bond donors (Lipinski definition) is 1. The van der Waals surface area contributed by atoms with Crippen molar-refractivity contribution < 1.29 is 4.39 Å². The topological polar surface area (TPSA) is 29.3 Å². The quantitative estimate of drug-likeness (QED) is 0.916. The molecule has 1 saturated heterocycles. The van der Waals surface area contributed by atoms with Crippen molar-refractivity contribution in [1.82, 2.24) is 4.90 Å². The lowest BCUT2D eigenvalue weighted by atomic mass is 9.74. The molecule has 1 aliphatic heterocycles. The van der Waals surface area contributed by atoms with Gasteiger partial charge in [0.05, 0.1) is 0 Å². The molecular weight excluding hydrogens is 251 g/mol. The molecule has 3 heteroatoms. The van der Waals surface area contributed by atoms with Gasteiger partial charge in [0.2, 0.25) is 0 Å². The molecule has 1 atom stereocenters. The monoisotopic (exact) mass is 278 g/mol. The van der Waals surface area contributed by atoms with E-state index in [1.54, 1.807) is 6.07 Å². The van der Waals surface area contributed by atoms with E-state index in [9.17, 15) is 4.39 Å². The summed E-state index contributed by atoms with van der Waals surface area (Å²) in [6, 6.07) is 7.32. The first-order chi connectivity index (χ1) is 9.40. The minimum atomic E-state index is -0.131. The molecule has 1 fully saturated rings. The van der Waals surface area contributed by atoms with Crippen molar-refractivity contribution in [3.63, 3.8) is 0 Å². The second kappa shape index (κ2) is 6.23. The average molecular weight is 278 g/mol. The summed E-state index contributed by atoms with van der Waals surface area (Å²) in [7, 11) is 0. The van der Waals surface area contributed by atoms with E-state index < -0.39 is 0 Å². The minimum absolute atomic E-state index is 0.0977. The van der Waals surface area contributed by atoms with Crippen molar-refractivity contribution in [2.45, 2.75) is 45.1 Å². The van der Waals surface area contributed by atoms with E-state index in [1.807, 2.05) is 6.07 Å². The molecule has 2 N–H and O–H groups in total. The van der Waals surface area contributed by atoms with Gasteiger partial charge in [0.15, 0.2) is 0 Å². The van der Waals surface area contributed by atoms with Crippen LogP contribution in [0.15, 0.2) is 24.3 Å². The van der Waals surface area contributed by atoms with Crippen molar-refractivity contribution in [3.8, 4) is 0 Å². The van der Waals surface area contributed by atoms with Gasteiger partial charge in [0, 0.05) is 12.6 Å². The Labute approximate surface area is 122 Å². The molecule has 0 aliphatic carbocycles. The van der Waals surface area contributed by atoms with Crippen molar-refractivity contribution >= 4 is 0 Å². The van der Waals surface area contributed by atoms with Gasteiger partial charge in [-0.2, -0.15) is 0 Å². The van der Waals surface area contributed by atoms with E-state index in [0.717, 1.165) is 38.0 Å². The molecule has 0 bridgehead atoms. The van der Waals surface area contributed by atoms with Crippen LogP contribution in [-0.2, 0) is 5.41 Å². The van der Waals surface area contributed by atoms with Gasteiger partial charge in [-0.25, -0.2) is 4.39 Å². The van der Waals surface area contributed by atoms with E-state index in [2.05, 4.69) is 31.7 Å². The van der Waals surface area contributed by atoms with E-state index in [1.165, 1.54) is 6.07 Å². The number of likely N-dealkylation sites (tertiary alicyclic amines) is 1. The SMILES string of the molecule is CC(C)[C@H](N)CN1CCC(C)(c2cccc(F)c2)CC1. The summed E-state index contributed by atoms with van der Waals surface area (Å²) >= 11 is 0. The Morgan fingerprint density at radius 3 is 2.50 bits per heavy atom. The predicted molar refractivity (Wildman–Crippen MR) is 82.2 cm³/mol. The normalized spacial score (nSPS) is 21.1. The summed E-state index contributed by atoms with van der Waals surface area (Å²) in [4.78, 5) is 2.45. The number of halogens is 1. The van der Waals surface area contributed by atoms with Crippen LogP contribution in [0.4, 0.5) is 4.39 Å². The predicted octanol–water partition coefficient (Wildman–Crippen LogP) is 3.16. The summed E-state index contributed by atoms with van der Waals surface area (Å²) in [6.45, 7) is 9.66. The van der Waals surface area contributed by atoms with Gasteiger partial charge in [-0.15, -0.1) is 0 Å². The zero-order valence-electron chi connectivity index (χ0n) is 12.9. The molecule has 0 amide bonds. The standard InChI is InChI=1S/C17H27FN2/c1-13(2)16(19)12-20-9-7-17(3,8-10-20)14-5-4-6-15(18)11-14/h4-6,11,13,16H,7-10,12,19H2,1-3H3/t16-/m1/s1. The highest BCUT2D eigenvalue weighted by Gasteiger charge is 2.32. The maximum atomic E-state index is 13.4. The minimum Gasteiger partial charge on any atom is -0.326 e. The van der Waals surface area contributed by atoms with Crippen LogP contribution >= 0.6 is 0 Å². The molecule has 0 unspecified atom stereocenters. The Balaban J connectivity index is 1.96. The van der Waals surface area contributed by atoms with Crippen molar-refractivity contribution in [3.05, 3.63) is 35.6 Å². The highest BCUT2D eigenvalue weighted by Crippen LogP contribution is 2.35. The summed E-state index contributed by atoms with van der Waals surface area (Å²) in [5.74, 6) is 0.388. The molecule has 1 heterocycles. The Hall–Kier alpha value is -0.930. The van der Waals surface area contributed by atoms with Gasteiger partial charge in [0.1, 0.15) is 5.82 Å². The zero-order valence-corrected chi connectivity index (χ0v) is 12.9. The molecule has 1 aromatic carbocycles. The van der Waals surface area contributed by atoms with Gasteiger partial charge >= 0.3 is 0 Å². The van der Waals surface area contributed by atoms with E-state index >= 15 is 0 Å². The Morgan fingerprint density at radius 1 is 1.30 bits per heavy atom. The Kier molecular flexibility index (Phi) is 4.82. The van der Waals surface area contributed by atoms with E-state index in [0.29, 0.717) is 5.92 Å². The zero-order chi connectivity index (χ0) is 14.8. The van der Waals surface area contributed by atoms with Gasteiger partial charge in [-0.3, -0.25) is 0 Å². The largest absolute Gasteiger partial charge is 0.326 e. The molecule has 0 spiro atoms. The fourth-order valence-electron chi connectivity index (χ4n) is 2.89. The van der Waals surface area contributed by atoms with Crippen LogP contribution in [0.1, 0.15) is 39.2 Å². The summed E-state index contributed by atoms with van der Waals surface area (Å²) < 4.78 is 13.4. The third-order valence-corrected chi connectivity index (χ3v) is 4.81. The maximum absolute atomic E-state index is 13.4. The molecule has 1 aromatic rings. The number of benzene rings is 1. The van der Waals surface area contributed by atoms with Gasteiger partial charge in [0.25, 0.3) is 0 Å². The number of piperidine rings is 1. The van der Waals surface area contributed by atoms with Crippen molar-refractivity contribution in [2.24, 2.45) is 11.7 Å². The number of rotatable bonds is 4. The molecule has 0 radical (unpaired) electrons. The molecule has 2 nitrogen and oxygen atoms in total. The molecule has 112 valence electrons. The first kappa shape index (κ1) is 15.5. The smallest absolute Gasteiger partial charge is 0.123 e. The second-order valence-corrected chi connectivity index (χ2v) is 6.78. The van der Waals surface area contributed by atoms with E-state index in [4.69, 9.17) is 5.73 Å². The molecule has 2 rings (SSSR count). The maximum Gasteiger partial charge on any atom is 0.123 e. The number of hydrogen-bond acceptors (Lipinski definition) is 2. The van der Waals surface area contributed by atoms with Crippen molar-refractivity contribution in [2.75, 3.05) is 19.6 Å². The number of nitrogens with zero attached hydrogens (tertiary/aromatic N) is 1. The Morgan fingerprint density at radius 2 is 1.95 bits per heavy atom. The average Bonchev–Trinajstić information content (AvgIpc) is 2.41. The summed E-state index contributed by atoms with van der Waals surface area (Å²) in [5, 5.41) is 0. The van der Waals surface area contributed by atoms with Crippen LogP contribution in [0.3, 0.4) is 0 Å². The van der Waals surface area contributed by atoms with Gasteiger partial charge < -0.3 is 10.6 Å². The first-order valence-corrected chi connectivity index (χ1v) is 7.65. The fraction of sp³-hybridized carbons (Fsp3) is 0.647. The lowest BCUT2D eigenvalue weighted by molar-refractivity contribution is 0.153. The third-order valence-electron chi connectivity index (χ3n) is 4.81. The van der Waals surface area contributed by atoms with Gasteiger partial charge in [-0.05, 0) is 55.0 Å². The van der Waals surface area contributed by atoms with Crippen molar-refractivity contribution in [1.29, 1.82) is 0 Å². The molecule has 0 saturated carbocycles. The van der Waals surface area contributed by atoms with Gasteiger partial charge in [-0.1, -0.05) is 32.9 Å². The highest BCUT2D eigenvalue weighted by molar-refractivity contribution is 5.26. The molecule has 20 heavy (non-hydrogen) atoms. The summed E-state index contributed by atoms with van der Waals surface area (Å²) in [6.07, 6.45) is 2.14. The van der Waals surface area contributed by atoms with Crippen LogP contribution in [0.2, 0.25) is 0 Å². The molecular formula is C17H27FN2. The van der Waals surface area contributed by atoms with Crippen LogP contribution < -0.4 is 5.73 Å². The fourth-order valence-corrected chi connectivity index (χ4v) is 2.89. The van der Waals surface area contributed by atoms with Crippen LogP contribution in [-0.4, -0.2) is 30.6 Å². The second-order valence-electron chi connectivity index (χ2n) is 6.78. The van der Waals surface area contributed by atoms with Crippen LogP contribution in [0.5, 0.6) is 0 Å². The molecule has 0 aromatic heterocycles. The third kappa shape index (κ3) is 3.58. The Bertz CT molecular complexity index is 436. The summed E-state index contributed by atoms with van der Waals surface area (Å²) in [5.41, 5.74) is 7.38. The lowest BCUT2D eigenvalue weighted by Crippen LogP contribution is -2.47. The lowest BCUT2D eigenvalue weighted by Gasteiger charge is -2.41. The van der Waals surface area contributed by atoms with Crippen LogP contribution in [0, 0.1) is 11.7 Å². The molecule has 1 aliphatic rings. The van der Waals surface area contributed by atoms with Crippen LogP contribution in [0.25, 0.3) is 0 Å².